The lowest BCUT2D eigenvalue weighted by molar-refractivity contribution is -0.116. The van der Waals surface area contributed by atoms with Gasteiger partial charge in [-0.2, -0.15) is 5.10 Å². The fraction of sp³-hybridized carbons (Fsp3) is 0.182. The predicted molar refractivity (Wildman–Crippen MR) is 112 cm³/mol. The number of fused-ring (bicyclic) bond motifs is 1. The van der Waals surface area contributed by atoms with Crippen molar-refractivity contribution < 1.29 is 14.3 Å². The zero-order chi connectivity index (χ0) is 20.4. The summed E-state index contributed by atoms with van der Waals surface area (Å²) < 4.78 is 13.1. The third-order valence-corrected chi connectivity index (χ3v) is 5.06. The molecule has 1 aromatic heterocycles. The monoisotopic (exact) mass is 409 g/mol. The Hall–Kier alpha value is -3.25. The predicted octanol–water partition coefficient (Wildman–Crippen LogP) is 4.57. The van der Waals surface area contributed by atoms with Gasteiger partial charge in [0, 0.05) is 28.5 Å². The lowest BCUT2D eigenvalue weighted by Gasteiger charge is -2.26. The van der Waals surface area contributed by atoms with Crippen LogP contribution >= 0.6 is 11.6 Å². The summed E-state index contributed by atoms with van der Waals surface area (Å²) in [7, 11) is 1.59. The number of methoxy groups -OCH3 is 1. The summed E-state index contributed by atoms with van der Waals surface area (Å²) in [6, 6.07) is 13.0. The summed E-state index contributed by atoms with van der Waals surface area (Å²) in [6.45, 7) is 4.05. The largest absolute Gasteiger partial charge is 0.493 e. The van der Waals surface area contributed by atoms with Crippen LogP contribution in [0.2, 0.25) is 5.02 Å². The quantitative estimate of drug-likeness (QED) is 0.605. The Balaban J connectivity index is 1.83. The van der Waals surface area contributed by atoms with E-state index in [9.17, 15) is 4.79 Å². The van der Waals surface area contributed by atoms with Gasteiger partial charge < -0.3 is 14.8 Å². The minimum Gasteiger partial charge on any atom is -0.493 e. The van der Waals surface area contributed by atoms with Gasteiger partial charge in [0.05, 0.1) is 19.0 Å². The number of carbonyl (C=O) groups excluding carboxylic acids is 1. The highest BCUT2D eigenvalue weighted by molar-refractivity contribution is 6.30. The first-order chi connectivity index (χ1) is 14.1. The van der Waals surface area contributed by atoms with Crippen molar-refractivity contribution in [3.05, 3.63) is 77.5 Å². The van der Waals surface area contributed by atoms with Gasteiger partial charge in [0.15, 0.2) is 11.5 Å². The summed E-state index contributed by atoms with van der Waals surface area (Å²) in [4.78, 5) is 12.6. The number of nitrogens with zero attached hydrogens (tertiary/aromatic N) is 2. The van der Waals surface area contributed by atoms with Crippen LogP contribution in [-0.2, 0) is 4.79 Å². The standard InChI is InChI=1S/C22H20ClN3O3/c1-3-10-29-21-16(8-5-9-19(21)28-2)17-12-20(27)25-22-18(17)13-24-26(22)15-7-4-6-14(23)11-15/h3-9,11,13,17H,1,10,12H2,2H3,(H,25,27)/t17-/m1/s1. The first kappa shape index (κ1) is 19.1. The van der Waals surface area contributed by atoms with Gasteiger partial charge in [-0.15, -0.1) is 0 Å². The highest BCUT2D eigenvalue weighted by Crippen LogP contribution is 2.44. The third kappa shape index (κ3) is 3.59. The Kier molecular flexibility index (Phi) is 5.27. The van der Waals surface area contributed by atoms with Gasteiger partial charge in [-0.25, -0.2) is 4.68 Å². The maximum atomic E-state index is 12.6. The summed E-state index contributed by atoms with van der Waals surface area (Å²) in [6.07, 6.45) is 3.73. The summed E-state index contributed by atoms with van der Waals surface area (Å²) in [5, 5.41) is 8.05. The molecule has 1 aliphatic heterocycles. The minimum atomic E-state index is -0.221. The molecular formula is C22H20ClN3O3. The number of benzene rings is 2. The van der Waals surface area contributed by atoms with E-state index >= 15 is 0 Å². The Bertz CT molecular complexity index is 1080. The van der Waals surface area contributed by atoms with E-state index in [-0.39, 0.29) is 18.2 Å². The molecule has 0 fully saturated rings. The average molecular weight is 410 g/mol. The molecule has 1 atom stereocenters. The first-order valence-corrected chi connectivity index (χ1v) is 9.54. The van der Waals surface area contributed by atoms with Gasteiger partial charge in [-0.05, 0) is 24.3 Å². The van der Waals surface area contributed by atoms with E-state index < -0.39 is 0 Å². The van der Waals surface area contributed by atoms with Crippen LogP contribution < -0.4 is 14.8 Å². The molecule has 0 spiro atoms. The van der Waals surface area contributed by atoms with Crippen molar-refractivity contribution in [2.24, 2.45) is 0 Å². The number of carbonyl (C=O) groups is 1. The van der Waals surface area contributed by atoms with Crippen molar-refractivity contribution >= 4 is 23.3 Å². The molecule has 2 heterocycles. The van der Waals surface area contributed by atoms with Crippen LogP contribution in [0.1, 0.15) is 23.5 Å². The maximum Gasteiger partial charge on any atom is 0.226 e. The molecular weight excluding hydrogens is 390 g/mol. The Morgan fingerprint density at radius 2 is 2.14 bits per heavy atom. The van der Waals surface area contributed by atoms with Crippen LogP contribution in [0.15, 0.2) is 61.3 Å². The highest BCUT2D eigenvalue weighted by Gasteiger charge is 2.33. The van der Waals surface area contributed by atoms with Gasteiger partial charge in [-0.1, -0.05) is 42.5 Å². The highest BCUT2D eigenvalue weighted by atomic mass is 35.5. The molecule has 0 bridgehead atoms. The van der Waals surface area contributed by atoms with Crippen LogP contribution in [0.3, 0.4) is 0 Å². The van der Waals surface area contributed by atoms with Crippen LogP contribution in [0.5, 0.6) is 11.5 Å². The molecule has 2 aromatic carbocycles. The number of aromatic nitrogens is 2. The van der Waals surface area contributed by atoms with Crippen LogP contribution in [0.25, 0.3) is 5.69 Å². The molecule has 0 radical (unpaired) electrons. The van der Waals surface area contributed by atoms with E-state index in [2.05, 4.69) is 17.0 Å². The molecule has 148 valence electrons. The molecule has 0 saturated heterocycles. The van der Waals surface area contributed by atoms with Gasteiger partial charge in [0.1, 0.15) is 12.4 Å². The molecule has 1 N–H and O–H groups in total. The first-order valence-electron chi connectivity index (χ1n) is 9.16. The van der Waals surface area contributed by atoms with Crippen LogP contribution in [-0.4, -0.2) is 29.4 Å². The molecule has 0 saturated carbocycles. The van der Waals surface area contributed by atoms with Crippen molar-refractivity contribution in [3.8, 4) is 17.2 Å². The number of ether oxygens (including phenoxy) is 2. The normalized spacial score (nSPS) is 15.4. The molecule has 1 amide bonds. The average Bonchev–Trinajstić information content (AvgIpc) is 3.15. The summed E-state index contributed by atoms with van der Waals surface area (Å²) in [5.41, 5.74) is 2.54. The second-order valence-corrected chi connectivity index (χ2v) is 7.06. The van der Waals surface area contributed by atoms with Crippen LogP contribution in [0.4, 0.5) is 5.82 Å². The van der Waals surface area contributed by atoms with Gasteiger partial charge >= 0.3 is 0 Å². The Labute approximate surface area is 173 Å². The van der Waals surface area contributed by atoms with Crippen molar-refractivity contribution in [2.75, 3.05) is 19.0 Å². The summed E-state index contributed by atoms with van der Waals surface area (Å²) in [5.74, 6) is 1.53. The van der Waals surface area contributed by atoms with E-state index in [4.69, 9.17) is 21.1 Å². The molecule has 0 aliphatic carbocycles. The van der Waals surface area contributed by atoms with Crippen molar-refractivity contribution in [2.45, 2.75) is 12.3 Å². The second kappa shape index (κ2) is 8.01. The van der Waals surface area contributed by atoms with E-state index in [0.717, 1.165) is 16.8 Å². The lowest BCUT2D eigenvalue weighted by Crippen LogP contribution is -2.25. The topological polar surface area (TPSA) is 65.4 Å². The van der Waals surface area contributed by atoms with Gasteiger partial charge in [0.25, 0.3) is 0 Å². The number of anilines is 1. The SMILES string of the molecule is C=CCOc1c(OC)cccc1[C@H]1CC(=O)Nc2c1cnn2-c1cccc(Cl)c1. The number of para-hydroxylation sites is 1. The van der Waals surface area contributed by atoms with Crippen molar-refractivity contribution in [3.63, 3.8) is 0 Å². The fourth-order valence-electron chi connectivity index (χ4n) is 3.57. The molecule has 3 aromatic rings. The molecule has 7 heteroatoms. The van der Waals surface area contributed by atoms with E-state index in [1.54, 1.807) is 36.2 Å². The van der Waals surface area contributed by atoms with E-state index in [1.807, 2.05) is 30.3 Å². The smallest absolute Gasteiger partial charge is 0.226 e. The molecule has 6 nitrogen and oxygen atoms in total. The Morgan fingerprint density at radius 3 is 2.90 bits per heavy atom. The molecule has 1 aliphatic rings. The second-order valence-electron chi connectivity index (χ2n) is 6.62. The number of hydrogen-bond acceptors (Lipinski definition) is 4. The number of amides is 1. The molecule has 29 heavy (non-hydrogen) atoms. The number of halogens is 1. The molecule has 4 rings (SSSR count). The zero-order valence-electron chi connectivity index (χ0n) is 15.9. The number of hydrogen-bond donors (Lipinski definition) is 1. The maximum absolute atomic E-state index is 12.6. The fourth-order valence-corrected chi connectivity index (χ4v) is 3.75. The third-order valence-electron chi connectivity index (χ3n) is 4.82. The number of rotatable bonds is 6. The Morgan fingerprint density at radius 1 is 1.31 bits per heavy atom. The number of nitrogens with one attached hydrogen (secondary N) is 1. The van der Waals surface area contributed by atoms with Crippen LogP contribution in [0, 0.1) is 0 Å². The molecule has 0 unspecified atom stereocenters. The van der Waals surface area contributed by atoms with Crippen molar-refractivity contribution in [1.82, 2.24) is 9.78 Å². The van der Waals surface area contributed by atoms with Gasteiger partial charge in [0.2, 0.25) is 5.91 Å². The lowest BCUT2D eigenvalue weighted by atomic mass is 9.86. The van der Waals surface area contributed by atoms with E-state index in [0.29, 0.717) is 28.9 Å². The van der Waals surface area contributed by atoms with E-state index in [1.165, 1.54) is 0 Å². The zero-order valence-corrected chi connectivity index (χ0v) is 16.6. The van der Waals surface area contributed by atoms with Crippen molar-refractivity contribution in [1.29, 1.82) is 0 Å². The van der Waals surface area contributed by atoms with Gasteiger partial charge in [-0.3, -0.25) is 4.79 Å². The summed E-state index contributed by atoms with van der Waals surface area (Å²) >= 11 is 6.13. The minimum absolute atomic E-state index is 0.0937.